The van der Waals surface area contributed by atoms with E-state index in [2.05, 4.69) is 5.32 Å². The predicted octanol–water partition coefficient (Wildman–Crippen LogP) is 5.82. The van der Waals surface area contributed by atoms with Crippen LogP contribution >= 0.6 is 0 Å². The van der Waals surface area contributed by atoms with Crippen LogP contribution in [0.15, 0.2) is 82.4 Å². The lowest BCUT2D eigenvalue weighted by molar-refractivity contribution is 0.0804. The molecule has 2 heterocycles. The van der Waals surface area contributed by atoms with Gasteiger partial charge in [0, 0.05) is 23.6 Å². The van der Waals surface area contributed by atoms with Crippen molar-refractivity contribution in [2.45, 2.75) is 52.7 Å². The fraction of sp³-hybridized carbons (Fsp3) is 0.250. The van der Waals surface area contributed by atoms with Crippen molar-refractivity contribution in [3.63, 3.8) is 0 Å². The van der Waals surface area contributed by atoms with Crippen LogP contribution in [-0.2, 0) is 20.1 Å². The van der Waals surface area contributed by atoms with Crippen LogP contribution in [0, 0.1) is 13.8 Å². The van der Waals surface area contributed by atoms with Crippen molar-refractivity contribution in [2.75, 3.05) is 11.1 Å². The van der Waals surface area contributed by atoms with Crippen molar-refractivity contribution in [3.8, 4) is 17.2 Å². The Hall–Kier alpha value is -5.31. The zero-order chi connectivity index (χ0) is 32.0. The topological polar surface area (TPSA) is 118 Å². The molecule has 9 heteroatoms. The van der Waals surface area contributed by atoms with Gasteiger partial charge < -0.3 is 20.5 Å². The molecule has 45 heavy (non-hydrogen) atoms. The van der Waals surface area contributed by atoms with Crippen LogP contribution in [-0.4, -0.2) is 20.6 Å². The van der Waals surface area contributed by atoms with E-state index in [-0.39, 0.29) is 17.1 Å². The molecule has 0 spiro atoms. The lowest BCUT2D eigenvalue weighted by Crippen LogP contribution is -2.41. The average Bonchev–Trinajstić information content (AvgIpc) is 3.02. The molecule has 0 unspecified atom stereocenters. The van der Waals surface area contributed by atoms with Crippen molar-refractivity contribution in [1.29, 1.82) is 0 Å². The van der Waals surface area contributed by atoms with E-state index in [1.165, 1.54) is 11.6 Å². The van der Waals surface area contributed by atoms with E-state index in [4.69, 9.17) is 15.2 Å². The minimum absolute atomic E-state index is 0.173. The first-order chi connectivity index (χ1) is 21.5. The lowest BCUT2D eigenvalue weighted by atomic mass is 9.87. The summed E-state index contributed by atoms with van der Waals surface area (Å²) in [6.07, 6.45) is 1.44. The van der Waals surface area contributed by atoms with E-state index in [0.29, 0.717) is 35.8 Å². The van der Waals surface area contributed by atoms with Gasteiger partial charge in [0.1, 0.15) is 35.2 Å². The minimum atomic E-state index is -0.720. The largest absolute Gasteiger partial charge is 0.488 e. The van der Waals surface area contributed by atoms with Crippen molar-refractivity contribution < 1.29 is 14.3 Å². The Bertz CT molecular complexity index is 2090. The maximum Gasteiger partial charge on any atom is 0.337 e. The SMILES string of the molecule is Cc1c2c(c(C(=O)Nc3c(N)n(-c4cccc5ccccc45)c(=O)n(C)c3=O)c(C)c1OCc1ccccc1)OC(C)(C)CC2. The summed E-state index contributed by atoms with van der Waals surface area (Å²) in [5.74, 6) is 0.294. The second-order valence-electron chi connectivity index (χ2n) is 12.1. The lowest BCUT2D eigenvalue weighted by Gasteiger charge is -2.35. The highest BCUT2D eigenvalue weighted by molar-refractivity contribution is 6.09. The van der Waals surface area contributed by atoms with Gasteiger partial charge in [0.05, 0.1) is 11.3 Å². The molecule has 4 aromatic carbocycles. The molecular formula is C36H36N4O5. The smallest absolute Gasteiger partial charge is 0.337 e. The molecule has 1 aliphatic rings. The molecule has 0 aliphatic carbocycles. The van der Waals surface area contributed by atoms with E-state index < -0.39 is 22.8 Å². The monoisotopic (exact) mass is 604 g/mol. The van der Waals surface area contributed by atoms with Gasteiger partial charge in [0.15, 0.2) is 0 Å². The number of rotatable bonds is 6. The van der Waals surface area contributed by atoms with Gasteiger partial charge in [0.25, 0.3) is 11.5 Å². The summed E-state index contributed by atoms with van der Waals surface area (Å²) in [5.41, 5.74) is 8.62. The van der Waals surface area contributed by atoms with E-state index in [9.17, 15) is 14.4 Å². The predicted molar refractivity (Wildman–Crippen MR) is 177 cm³/mol. The van der Waals surface area contributed by atoms with Crippen LogP contribution in [0.25, 0.3) is 16.5 Å². The molecule has 3 N–H and O–H groups in total. The zero-order valence-electron chi connectivity index (χ0n) is 26.1. The second kappa shape index (κ2) is 11.3. The molecule has 230 valence electrons. The number of nitrogens with two attached hydrogens (primary N) is 1. The number of nitrogens with zero attached hydrogens (tertiary/aromatic N) is 2. The molecule has 1 amide bonds. The van der Waals surface area contributed by atoms with Gasteiger partial charge in [0.2, 0.25) is 0 Å². The average molecular weight is 605 g/mol. The number of nitrogens with one attached hydrogen (secondary N) is 1. The number of amides is 1. The quantitative estimate of drug-likeness (QED) is 0.252. The van der Waals surface area contributed by atoms with Crippen LogP contribution in [0.4, 0.5) is 11.5 Å². The van der Waals surface area contributed by atoms with Crippen LogP contribution in [0.2, 0.25) is 0 Å². The molecule has 0 saturated heterocycles. The number of carbonyl (C=O) groups excluding carboxylic acids is 1. The molecule has 1 aromatic heterocycles. The van der Waals surface area contributed by atoms with Gasteiger partial charge >= 0.3 is 5.69 Å². The molecule has 0 radical (unpaired) electrons. The number of aromatic nitrogens is 2. The maximum atomic E-state index is 14.3. The summed E-state index contributed by atoms with van der Waals surface area (Å²) in [5, 5.41) is 4.43. The molecule has 9 nitrogen and oxygen atoms in total. The summed E-state index contributed by atoms with van der Waals surface area (Å²) in [6, 6.07) is 22.8. The van der Waals surface area contributed by atoms with E-state index in [1.807, 2.05) is 94.4 Å². The fourth-order valence-electron chi connectivity index (χ4n) is 6.07. The fourth-order valence-corrected chi connectivity index (χ4v) is 6.07. The van der Waals surface area contributed by atoms with Gasteiger partial charge in [-0.25, -0.2) is 9.36 Å². The van der Waals surface area contributed by atoms with Gasteiger partial charge in [-0.15, -0.1) is 0 Å². The Morgan fingerprint density at radius 2 is 1.67 bits per heavy atom. The highest BCUT2D eigenvalue weighted by Crippen LogP contribution is 2.44. The van der Waals surface area contributed by atoms with Crippen molar-refractivity contribution >= 4 is 28.2 Å². The molecular weight excluding hydrogens is 568 g/mol. The number of fused-ring (bicyclic) bond motifs is 2. The Morgan fingerprint density at radius 1 is 0.978 bits per heavy atom. The molecule has 0 atom stereocenters. The number of hydrogen-bond acceptors (Lipinski definition) is 6. The van der Waals surface area contributed by atoms with Crippen LogP contribution in [0.1, 0.15) is 52.9 Å². The van der Waals surface area contributed by atoms with Gasteiger partial charge in [-0.05, 0) is 63.1 Å². The van der Waals surface area contributed by atoms with Crippen molar-refractivity contribution in [1.82, 2.24) is 9.13 Å². The minimum Gasteiger partial charge on any atom is -0.488 e. The Balaban J connectivity index is 1.49. The van der Waals surface area contributed by atoms with Gasteiger partial charge in [-0.1, -0.05) is 66.7 Å². The molecule has 5 aromatic rings. The Kier molecular flexibility index (Phi) is 7.48. The number of nitrogen functional groups attached to an aromatic ring is 1. The molecule has 0 saturated carbocycles. The maximum absolute atomic E-state index is 14.3. The highest BCUT2D eigenvalue weighted by atomic mass is 16.5. The molecule has 1 aliphatic heterocycles. The molecule has 6 rings (SSSR count). The van der Waals surface area contributed by atoms with Crippen molar-refractivity contribution in [3.05, 3.63) is 121 Å². The second-order valence-corrected chi connectivity index (χ2v) is 12.1. The Labute approximate surface area is 260 Å². The van der Waals surface area contributed by atoms with Crippen LogP contribution in [0.5, 0.6) is 11.5 Å². The van der Waals surface area contributed by atoms with E-state index >= 15 is 0 Å². The summed E-state index contributed by atoms with van der Waals surface area (Å²) < 4.78 is 15.0. The Morgan fingerprint density at radius 3 is 2.42 bits per heavy atom. The summed E-state index contributed by atoms with van der Waals surface area (Å²) in [4.78, 5) is 41.2. The third kappa shape index (κ3) is 5.24. The first kappa shape index (κ1) is 29.7. The molecule has 0 fully saturated rings. The van der Waals surface area contributed by atoms with Crippen LogP contribution < -0.4 is 31.8 Å². The molecule has 0 bridgehead atoms. The highest BCUT2D eigenvalue weighted by Gasteiger charge is 2.35. The third-order valence-electron chi connectivity index (χ3n) is 8.56. The first-order valence-corrected chi connectivity index (χ1v) is 14.9. The van der Waals surface area contributed by atoms with Crippen LogP contribution in [0.3, 0.4) is 0 Å². The number of benzene rings is 4. The van der Waals surface area contributed by atoms with Gasteiger partial charge in [-0.2, -0.15) is 0 Å². The number of carbonyl (C=O) groups is 1. The van der Waals surface area contributed by atoms with E-state index in [1.54, 1.807) is 6.07 Å². The number of ether oxygens (including phenoxy) is 2. The van der Waals surface area contributed by atoms with Crippen molar-refractivity contribution in [2.24, 2.45) is 7.05 Å². The first-order valence-electron chi connectivity index (χ1n) is 14.9. The number of hydrogen-bond donors (Lipinski definition) is 2. The van der Waals surface area contributed by atoms with E-state index in [0.717, 1.165) is 38.5 Å². The zero-order valence-corrected chi connectivity index (χ0v) is 26.1. The summed E-state index contributed by atoms with van der Waals surface area (Å²) >= 11 is 0. The standard InChI is InChI=1S/C36H36N4O5/c1-21-25-18-19-36(3,4)45-31(25)28(22(2)30(21)44-20-23-12-7-6-8-13-23)33(41)38-29-32(37)40(35(43)39(5)34(29)42)27-17-11-15-24-14-9-10-16-26(24)27/h6-17H,18-20,37H2,1-5H3,(H,38,41). The van der Waals surface area contributed by atoms with Gasteiger partial charge in [-0.3, -0.25) is 14.2 Å². The summed E-state index contributed by atoms with van der Waals surface area (Å²) in [7, 11) is 1.36. The normalized spacial score (nSPS) is 13.6. The summed E-state index contributed by atoms with van der Waals surface area (Å²) in [6.45, 7) is 8.07. The third-order valence-corrected chi connectivity index (χ3v) is 8.56. The number of anilines is 2.